The SMILES string of the molecule is C1=CC2=C(CC=C1P(c1ccccc1)c1ccccc1)C1(c3cc(P(c4ccccc4)c4ccccc4)ccc32)c2ccccc2-c2ccccc21. The molecule has 52 heavy (non-hydrogen) atoms. The molecule has 7 aromatic carbocycles. The smallest absolute Gasteiger partial charge is 0.0691 e. The highest BCUT2D eigenvalue weighted by Gasteiger charge is 2.52. The van der Waals surface area contributed by atoms with Gasteiger partial charge in [0.25, 0.3) is 0 Å². The van der Waals surface area contributed by atoms with E-state index in [4.69, 9.17) is 0 Å². The second kappa shape index (κ2) is 13.0. The van der Waals surface area contributed by atoms with E-state index in [1.165, 1.54) is 76.4 Å². The minimum absolute atomic E-state index is 0.374. The molecule has 0 fully saturated rings. The van der Waals surface area contributed by atoms with Crippen LogP contribution < -0.4 is 26.5 Å². The molecule has 1 spiro atoms. The number of fused-ring (bicyclic) bond motifs is 9. The number of allylic oxidation sites excluding steroid dienone is 6. The first-order valence-corrected chi connectivity index (χ1v) is 20.8. The lowest BCUT2D eigenvalue weighted by atomic mass is 9.69. The van der Waals surface area contributed by atoms with Crippen molar-refractivity contribution in [3.63, 3.8) is 0 Å². The van der Waals surface area contributed by atoms with E-state index in [2.05, 4.69) is 206 Å². The van der Waals surface area contributed by atoms with Gasteiger partial charge in [-0.15, -0.1) is 0 Å². The van der Waals surface area contributed by atoms with Crippen molar-refractivity contribution in [3.05, 3.63) is 239 Å². The summed E-state index contributed by atoms with van der Waals surface area (Å²) in [7, 11) is -1.47. The first kappa shape index (κ1) is 31.4. The van der Waals surface area contributed by atoms with Crippen molar-refractivity contribution in [2.24, 2.45) is 0 Å². The molecule has 0 aliphatic heterocycles. The average molecular weight is 699 g/mol. The normalized spacial score (nSPS) is 14.9. The summed E-state index contributed by atoms with van der Waals surface area (Å²) in [5, 5.41) is 8.31. The van der Waals surface area contributed by atoms with Crippen LogP contribution in [0, 0.1) is 0 Å². The maximum Gasteiger partial charge on any atom is 0.0691 e. The van der Waals surface area contributed by atoms with E-state index < -0.39 is 15.8 Å². The van der Waals surface area contributed by atoms with E-state index in [1.54, 1.807) is 0 Å². The van der Waals surface area contributed by atoms with Crippen molar-refractivity contribution < 1.29 is 0 Å². The molecule has 0 amide bonds. The third kappa shape index (κ3) is 4.90. The highest BCUT2D eigenvalue weighted by atomic mass is 31.1. The highest BCUT2D eigenvalue weighted by Crippen LogP contribution is 2.63. The molecule has 7 aromatic rings. The van der Waals surface area contributed by atoms with Crippen LogP contribution >= 0.6 is 15.8 Å². The lowest BCUT2D eigenvalue weighted by Crippen LogP contribution is -2.29. The van der Waals surface area contributed by atoms with Crippen molar-refractivity contribution in [1.29, 1.82) is 0 Å². The third-order valence-corrected chi connectivity index (χ3v) is 15.8. The van der Waals surface area contributed by atoms with Crippen LogP contribution in [0.25, 0.3) is 16.7 Å². The molecule has 3 aliphatic rings. The highest BCUT2D eigenvalue weighted by molar-refractivity contribution is 7.79. The van der Waals surface area contributed by atoms with Crippen LogP contribution in [0.15, 0.2) is 217 Å². The van der Waals surface area contributed by atoms with Crippen LogP contribution in [0.3, 0.4) is 0 Å². The predicted octanol–water partition coefficient (Wildman–Crippen LogP) is 10.5. The van der Waals surface area contributed by atoms with Crippen LogP contribution in [-0.4, -0.2) is 0 Å². The molecule has 2 heteroatoms. The van der Waals surface area contributed by atoms with Gasteiger partial charge in [0.05, 0.1) is 5.41 Å². The van der Waals surface area contributed by atoms with Crippen LogP contribution in [0.2, 0.25) is 0 Å². The summed E-state index contributed by atoms with van der Waals surface area (Å²) in [5.74, 6) is 0. The first-order valence-electron chi connectivity index (χ1n) is 18.1. The Bertz CT molecular complexity index is 2400. The molecule has 0 radical (unpaired) electrons. The summed E-state index contributed by atoms with van der Waals surface area (Å²) in [6.45, 7) is 0. The van der Waals surface area contributed by atoms with Crippen LogP contribution in [-0.2, 0) is 5.41 Å². The Balaban J connectivity index is 1.20. The van der Waals surface area contributed by atoms with Crippen LogP contribution in [0.4, 0.5) is 0 Å². The van der Waals surface area contributed by atoms with Gasteiger partial charge in [-0.3, -0.25) is 0 Å². The molecule has 0 heterocycles. The average Bonchev–Trinajstić information content (AvgIpc) is 3.55. The molecule has 0 atom stereocenters. The van der Waals surface area contributed by atoms with Gasteiger partial charge < -0.3 is 0 Å². The number of rotatable bonds is 6. The second-order valence-corrected chi connectivity index (χ2v) is 18.1. The standard InChI is InChI=1S/C50H36P2/c1-5-17-36(18-6-1)51(37-19-7-2-8-20-37)40-29-32-44-45-33-30-41(52(38-21-9-3-10-22-38)39-23-11-4-12-24-39)35-49(45)50(48(44)34-31-40)46-27-15-13-25-42(46)43-26-14-16-28-47(43)50/h1-33,35H,34H2. The first-order chi connectivity index (χ1) is 25.8. The van der Waals surface area contributed by atoms with Crippen molar-refractivity contribution >= 4 is 47.9 Å². The van der Waals surface area contributed by atoms with Gasteiger partial charge in [0.2, 0.25) is 0 Å². The summed E-state index contributed by atoms with van der Waals surface area (Å²) in [6.07, 6.45) is 8.35. The Labute approximate surface area is 309 Å². The van der Waals surface area contributed by atoms with Gasteiger partial charge in [-0.1, -0.05) is 200 Å². The maximum atomic E-state index is 2.59. The Morgan fingerprint density at radius 3 is 1.35 bits per heavy atom. The fourth-order valence-electron chi connectivity index (χ4n) is 8.86. The van der Waals surface area contributed by atoms with Crippen molar-refractivity contribution in [1.82, 2.24) is 0 Å². The summed E-state index contributed by atoms with van der Waals surface area (Å²) >= 11 is 0. The summed E-state index contributed by atoms with van der Waals surface area (Å²) < 4.78 is 0. The van der Waals surface area contributed by atoms with Crippen molar-refractivity contribution in [2.75, 3.05) is 0 Å². The minimum Gasteiger partial charge on any atom is -0.0720 e. The van der Waals surface area contributed by atoms with Crippen molar-refractivity contribution in [2.45, 2.75) is 11.8 Å². The molecule has 3 aliphatic carbocycles. The molecule has 0 nitrogen and oxygen atoms in total. The molecular formula is C50H36P2. The molecular weight excluding hydrogens is 662 g/mol. The Morgan fingerprint density at radius 1 is 0.365 bits per heavy atom. The van der Waals surface area contributed by atoms with E-state index in [0.29, 0.717) is 0 Å². The van der Waals surface area contributed by atoms with Gasteiger partial charge in [-0.2, -0.15) is 0 Å². The van der Waals surface area contributed by atoms with Gasteiger partial charge >= 0.3 is 0 Å². The molecule has 0 N–H and O–H groups in total. The third-order valence-electron chi connectivity index (χ3n) is 10.9. The monoisotopic (exact) mass is 698 g/mol. The van der Waals surface area contributed by atoms with Gasteiger partial charge in [0.1, 0.15) is 0 Å². The predicted molar refractivity (Wildman–Crippen MR) is 225 cm³/mol. The zero-order chi connectivity index (χ0) is 34.5. The van der Waals surface area contributed by atoms with E-state index in [-0.39, 0.29) is 5.41 Å². The Morgan fingerprint density at radius 2 is 0.827 bits per heavy atom. The number of benzene rings is 7. The lowest BCUT2D eigenvalue weighted by Gasteiger charge is -2.33. The van der Waals surface area contributed by atoms with E-state index >= 15 is 0 Å². The van der Waals surface area contributed by atoms with E-state index in [0.717, 1.165) is 6.42 Å². The van der Waals surface area contributed by atoms with Gasteiger partial charge in [-0.05, 0) is 105 Å². The lowest BCUT2D eigenvalue weighted by molar-refractivity contribution is 0.747. The number of hydrogen-bond acceptors (Lipinski definition) is 0. The molecule has 0 saturated carbocycles. The van der Waals surface area contributed by atoms with E-state index in [1.807, 2.05) is 0 Å². The fourth-order valence-corrected chi connectivity index (χ4v) is 13.5. The van der Waals surface area contributed by atoms with Gasteiger partial charge in [0.15, 0.2) is 0 Å². The Hall–Kier alpha value is -5.38. The quantitative estimate of drug-likeness (QED) is 0.152. The summed E-state index contributed by atoms with van der Waals surface area (Å²) in [5.41, 5.74) is 10.8. The zero-order valence-electron chi connectivity index (χ0n) is 28.7. The zero-order valence-corrected chi connectivity index (χ0v) is 30.5. The number of hydrogen-bond donors (Lipinski definition) is 0. The second-order valence-electron chi connectivity index (χ2n) is 13.6. The van der Waals surface area contributed by atoms with Crippen molar-refractivity contribution in [3.8, 4) is 11.1 Å². The maximum absolute atomic E-state index is 2.59. The summed E-state index contributed by atoms with van der Waals surface area (Å²) in [4.78, 5) is 0. The summed E-state index contributed by atoms with van der Waals surface area (Å²) in [6, 6.07) is 70.3. The molecule has 0 bridgehead atoms. The topological polar surface area (TPSA) is 0 Å². The minimum atomic E-state index is -0.758. The molecule has 0 aromatic heterocycles. The Kier molecular flexibility index (Phi) is 7.83. The van der Waals surface area contributed by atoms with E-state index in [9.17, 15) is 0 Å². The van der Waals surface area contributed by atoms with Crippen LogP contribution in [0.1, 0.15) is 28.7 Å². The molecule has 246 valence electrons. The molecule has 10 rings (SSSR count). The fraction of sp³-hybridized carbons (Fsp3) is 0.0400. The van der Waals surface area contributed by atoms with Crippen LogP contribution in [0.5, 0.6) is 0 Å². The molecule has 0 saturated heterocycles. The molecule has 0 unspecified atom stereocenters. The van der Waals surface area contributed by atoms with Gasteiger partial charge in [0, 0.05) is 0 Å². The largest absolute Gasteiger partial charge is 0.0720 e. The van der Waals surface area contributed by atoms with Gasteiger partial charge in [-0.25, -0.2) is 0 Å².